The van der Waals surface area contributed by atoms with E-state index in [1.54, 1.807) is 12.3 Å². The summed E-state index contributed by atoms with van der Waals surface area (Å²) in [6, 6.07) is 19.4. The highest BCUT2D eigenvalue weighted by atomic mass is 127. The Labute approximate surface area is 232 Å². The topological polar surface area (TPSA) is 65.7 Å². The molecule has 0 aliphatic carbocycles. The van der Waals surface area contributed by atoms with Crippen LogP contribution >= 0.6 is 38.5 Å². The van der Waals surface area contributed by atoms with Gasteiger partial charge in [0, 0.05) is 10.4 Å². The molecule has 36 heavy (non-hydrogen) atoms. The number of hydrogen-bond acceptors (Lipinski definition) is 5. The van der Waals surface area contributed by atoms with Crippen molar-refractivity contribution in [1.82, 2.24) is 9.66 Å². The van der Waals surface area contributed by atoms with Gasteiger partial charge in [0.05, 0.1) is 27.3 Å². The molecule has 1 heterocycles. The third-order valence-corrected chi connectivity index (χ3v) is 7.06. The van der Waals surface area contributed by atoms with Crippen LogP contribution in [0.2, 0.25) is 0 Å². The molecule has 3 aromatic carbocycles. The first kappa shape index (κ1) is 26.3. The van der Waals surface area contributed by atoms with Crippen LogP contribution in [-0.4, -0.2) is 22.5 Å². The van der Waals surface area contributed by atoms with E-state index >= 15 is 0 Å². The third kappa shape index (κ3) is 5.98. The molecule has 0 spiro atoms. The maximum absolute atomic E-state index is 13.4. The molecule has 0 unspecified atom stereocenters. The lowest BCUT2D eigenvalue weighted by Gasteiger charge is -2.15. The van der Waals surface area contributed by atoms with E-state index in [1.807, 2.05) is 68.4 Å². The van der Waals surface area contributed by atoms with Crippen molar-refractivity contribution in [2.75, 3.05) is 6.61 Å². The van der Waals surface area contributed by atoms with Crippen molar-refractivity contribution >= 4 is 55.6 Å². The monoisotopic (exact) mass is 659 g/mol. The van der Waals surface area contributed by atoms with Crippen LogP contribution in [0.1, 0.15) is 50.1 Å². The van der Waals surface area contributed by atoms with Gasteiger partial charge in [-0.1, -0.05) is 60.1 Å². The number of ether oxygens (including phenoxy) is 2. The molecule has 0 bridgehead atoms. The van der Waals surface area contributed by atoms with Crippen molar-refractivity contribution in [3.8, 4) is 11.5 Å². The summed E-state index contributed by atoms with van der Waals surface area (Å²) in [5.41, 5.74) is 2.34. The van der Waals surface area contributed by atoms with Crippen LogP contribution in [0.5, 0.6) is 11.5 Å². The maximum atomic E-state index is 13.4. The average Bonchev–Trinajstić information content (AvgIpc) is 2.88. The van der Waals surface area contributed by atoms with Crippen LogP contribution in [0.4, 0.5) is 0 Å². The summed E-state index contributed by atoms with van der Waals surface area (Å²) in [7, 11) is 0. The molecule has 8 heteroatoms. The molecule has 0 amide bonds. The van der Waals surface area contributed by atoms with Crippen molar-refractivity contribution < 1.29 is 9.47 Å². The first-order valence-electron chi connectivity index (χ1n) is 11.8. The van der Waals surface area contributed by atoms with Crippen LogP contribution in [0.3, 0.4) is 0 Å². The molecule has 1 atom stereocenters. The molecule has 0 aliphatic rings. The summed E-state index contributed by atoms with van der Waals surface area (Å²) >= 11 is 5.69. The van der Waals surface area contributed by atoms with E-state index in [1.165, 1.54) is 4.68 Å². The molecule has 4 rings (SSSR count). The van der Waals surface area contributed by atoms with Crippen LogP contribution in [0.15, 0.2) is 75.0 Å². The molecule has 0 N–H and O–H groups in total. The van der Waals surface area contributed by atoms with Gasteiger partial charge in [0.1, 0.15) is 12.4 Å². The van der Waals surface area contributed by atoms with Crippen molar-refractivity contribution in [2.24, 2.45) is 5.10 Å². The molecule has 186 valence electrons. The molecule has 1 aromatic heterocycles. The van der Waals surface area contributed by atoms with Crippen LogP contribution < -0.4 is 15.0 Å². The van der Waals surface area contributed by atoms with E-state index in [0.717, 1.165) is 25.6 Å². The highest BCUT2D eigenvalue weighted by molar-refractivity contribution is 14.1. The summed E-state index contributed by atoms with van der Waals surface area (Å²) in [6.07, 6.45) is 2.51. The summed E-state index contributed by atoms with van der Waals surface area (Å²) in [5.74, 6) is 2.02. The molecule has 0 radical (unpaired) electrons. The van der Waals surface area contributed by atoms with Gasteiger partial charge in [0.2, 0.25) is 0 Å². The molecule has 0 saturated heterocycles. The van der Waals surface area contributed by atoms with Crippen molar-refractivity contribution in [3.63, 3.8) is 0 Å². The van der Waals surface area contributed by atoms with Crippen LogP contribution in [0, 0.1) is 3.57 Å². The van der Waals surface area contributed by atoms with Gasteiger partial charge in [0.15, 0.2) is 11.5 Å². The second-order valence-electron chi connectivity index (χ2n) is 8.34. The van der Waals surface area contributed by atoms with Gasteiger partial charge < -0.3 is 9.47 Å². The molecule has 4 aromatic rings. The van der Waals surface area contributed by atoms with E-state index in [0.29, 0.717) is 41.4 Å². The van der Waals surface area contributed by atoms with Gasteiger partial charge in [-0.2, -0.15) is 9.78 Å². The quantitative estimate of drug-likeness (QED) is 0.142. The number of aromatic nitrogens is 2. The van der Waals surface area contributed by atoms with Gasteiger partial charge in [-0.05, 0) is 77.4 Å². The smallest absolute Gasteiger partial charge is 0.282 e. The Bertz CT molecular complexity index is 1450. The van der Waals surface area contributed by atoms with Crippen molar-refractivity contribution in [2.45, 2.75) is 39.7 Å². The number of rotatable bonds is 9. The lowest BCUT2D eigenvalue weighted by Crippen LogP contribution is -2.23. The molecule has 0 saturated carbocycles. The van der Waals surface area contributed by atoms with Gasteiger partial charge in [0.25, 0.3) is 5.56 Å². The zero-order valence-electron chi connectivity index (χ0n) is 20.4. The predicted octanol–water partition coefficient (Wildman–Crippen LogP) is 7.14. The predicted molar refractivity (Wildman–Crippen MR) is 157 cm³/mol. The average molecular weight is 660 g/mol. The van der Waals surface area contributed by atoms with E-state index in [-0.39, 0.29) is 11.5 Å². The van der Waals surface area contributed by atoms with E-state index in [2.05, 4.69) is 50.5 Å². The Hall–Kier alpha value is -2.72. The van der Waals surface area contributed by atoms with Crippen molar-refractivity contribution in [1.29, 1.82) is 0 Å². The Kier molecular flexibility index (Phi) is 8.79. The highest BCUT2D eigenvalue weighted by Gasteiger charge is 2.16. The first-order valence-corrected chi connectivity index (χ1v) is 13.7. The first-order chi connectivity index (χ1) is 17.4. The lowest BCUT2D eigenvalue weighted by molar-refractivity contribution is 0.267. The zero-order valence-corrected chi connectivity index (χ0v) is 24.1. The third-order valence-electron chi connectivity index (χ3n) is 5.77. The number of fused-ring (bicyclic) bond motifs is 1. The van der Waals surface area contributed by atoms with Crippen LogP contribution in [0.25, 0.3) is 10.9 Å². The van der Waals surface area contributed by atoms with E-state index < -0.39 is 0 Å². The molecule has 0 fully saturated rings. The van der Waals surface area contributed by atoms with Crippen molar-refractivity contribution in [3.05, 3.63) is 96.0 Å². The minimum absolute atomic E-state index is 0.0655. The summed E-state index contributed by atoms with van der Waals surface area (Å²) < 4.78 is 15.1. The lowest BCUT2D eigenvalue weighted by atomic mass is 10.1. The molecule has 0 aliphatic heterocycles. The Balaban J connectivity index is 1.72. The zero-order chi connectivity index (χ0) is 25.7. The molecule has 6 nitrogen and oxygen atoms in total. The van der Waals surface area contributed by atoms with Gasteiger partial charge in [-0.25, -0.2) is 4.98 Å². The van der Waals surface area contributed by atoms with Gasteiger partial charge >= 0.3 is 0 Å². The molecular weight excluding hydrogens is 633 g/mol. The number of nitrogens with zero attached hydrogens (tertiary/aromatic N) is 3. The Morgan fingerprint density at radius 3 is 2.61 bits per heavy atom. The minimum atomic E-state index is -0.199. The van der Waals surface area contributed by atoms with E-state index in [9.17, 15) is 4.79 Å². The SMILES string of the molecule is CCOc1cc(C=Nn2c([C@H](C)CC)nc3ccc(Br)cc3c2=O)cc(I)c1OCc1ccccc1. The second kappa shape index (κ2) is 12.0. The van der Waals surface area contributed by atoms with Gasteiger partial charge in [-0.15, -0.1) is 0 Å². The fourth-order valence-corrected chi connectivity index (χ4v) is 4.84. The minimum Gasteiger partial charge on any atom is -0.490 e. The number of halogens is 2. The normalized spacial score (nSPS) is 12.2. The highest BCUT2D eigenvalue weighted by Crippen LogP contribution is 2.34. The molecular formula is C28H27BrIN3O3. The largest absolute Gasteiger partial charge is 0.490 e. The standard InChI is InChI=1S/C28H27BrIN3O3/c1-4-18(3)27-32-24-12-11-21(29)15-22(24)28(34)33(27)31-16-20-13-23(30)26(25(14-20)35-5-2)36-17-19-9-7-6-8-10-19/h6-16,18H,4-5,17H2,1-3H3/t18-/m1/s1. The Morgan fingerprint density at radius 1 is 1.11 bits per heavy atom. The number of hydrogen-bond donors (Lipinski definition) is 0. The fourth-order valence-electron chi connectivity index (χ4n) is 3.70. The summed E-state index contributed by atoms with van der Waals surface area (Å²) in [5, 5.41) is 5.11. The Morgan fingerprint density at radius 2 is 1.89 bits per heavy atom. The van der Waals surface area contributed by atoms with Crippen LogP contribution in [-0.2, 0) is 6.61 Å². The second-order valence-corrected chi connectivity index (χ2v) is 10.4. The summed E-state index contributed by atoms with van der Waals surface area (Å²) in [6.45, 7) is 7.00. The fraction of sp³-hybridized carbons (Fsp3) is 0.250. The van der Waals surface area contributed by atoms with Gasteiger partial charge in [-0.3, -0.25) is 4.79 Å². The number of benzene rings is 3. The summed E-state index contributed by atoms with van der Waals surface area (Å²) in [4.78, 5) is 18.2. The van der Waals surface area contributed by atoms with E-state index in [4.69, 9.17) is 14.5 Å². The maximum Gasteiger partial charge on any atom is 0.282 e.